The number of fused-ring (bicyclic) bond motifs is 1. The van der Waals surface area contributed by atoms with Crippen molar-refractivity contribution in [1.29, 1.82) is 0 Å². The van der Waals surface area contributed by atoms with Crippen LogP contribution in [0.1, 0.15) is 46.0 Å². The van der Waals surface area contributed by atoms with Crippen LogP contribution in [0.5, 0.6) is 0 Å². The second-order valence-electron chi connectivity index (χ2n) is 8.78. The van der Waals surface area contributed by atoms with Gasteiger partial charge in [-0.1, -0.05) is 73.2 Å². The van der Waals surface area contributed by atoms with Crippen molar-refractivity contribution in [2.45, 2.75) is 32.9 Å². The van der Waals surface area contributed by atoms with Crippen molar-refractivity contribution in [1.82, 2.24) is 14.5 Å². The third-order valence-corrected chi connectivity index (χ3v) is 7.20. The first-order chi connectivity index (χ1) is 17.6. The summed E-state index contributed by atoms with van der Waals surface area (Å²) in [5.74, 6) is 0.490. The predicted molar refractivity (Wildman–Crippen MR) is 146 cm³/mol. The highest BCUT2D eigenvalue weighted by molar-refractivity contribution is 7.12. The molecule has 180 valence electrons. The molecule has 0 aliphatic carbocycles. The van der Waals surface area contributed by atoms with Gasteiger partial charge in [0.15, 0.2) is 0 Å². The Hall–Kier alpha value is -4.03. The Labute approximate surface area is 214 Å². The van der Waals surface area contributed by atoms with Gasteiger partial charge in [-0.15, -0.1) is 11.3 Å². The van der Waals surface area contributed by atoms with Crippen LogP contribution in [-0.4, -0.2) is 20.4 Å². The van der Waals surface area contributed by atoms with Gasteiger partial charge < -0.3 is 4.90 Å². The molecule has 0 saturated heterocycles. The average molecular weight is 494 g/mol. The molecule has 0 aliphatic heterocycles. The summed E-state index contributed by atoms with van der Waals surface area (Å²) in [4.78, 5) is 35.2. The number of hydrogen-bond acceptors (Lipinski definition) is 4. The van der Waals surface area contributed by atoms with Gasteiger partial charge >= 0.3 is 0 Å². The van der Waals surface area contributed by atoms with Gasteiger partial charge in [-0.25, -0.2) is 4.98 Å². The Bertz CT molecular complexity index is 1540. The van der Waals surface area contributed by atoms with Gasteiger partial charge in [-0.2, -0.15) is 0 Å². The van der Waals surface area contributed by atoms with E-state index in [1.54, 1.807) is 10.6 Å². The Balaban J connectivity index is 1.73. The van der Waals surface area contributed by atoms with Crippen LogP contribution in [0.3, 0.4) is 0 Å². The van der Waals surface area contributed by atoms with E-state index in [1.807, 2.05) is 109 Å². The molecule has 2 heterocycles. The maximum Gasteiger partial charge on any atom is 0.266 e. The van der Waals surface area contributed by atoms with Crippen LogP contribution in [0, 0.1) is 6.92 Å². The number of thiophene rings is 1. The summed E-state index contributed by atoms with van der Waals surface area (Å²) in [5.41, 5.74) is 3.35. The molecule has 0 N–H and O–H groups in total. The average Bonchev–Trinajstić information content (AvgIpc) is 3.45. The van der Waals surface area contributed by atoms with Crippen LogP contribution in [0.25, 0.3) is 16.6 Å². The highest BCUT2D eigenvalue weighted by atomic mass is 32.1. The molecule has 5 nitrogen and oxygen atoms in total. The van der Waals surface area contributed by atoms with Crippen molar-refractivity contribution in [3.05, 3.63) is 129 Å². The lowest BCUT2D eigenvalue weighted by Gasteiger charge is -2.32. The third-order valence-electron chi connectivity index (χ3n) is 6.34. The van der Waals surface area contributed by atoms with Gasteiger partial charge in [0.25, 0.3) is 11.5 Å². The van der Waals surface area contributed by atoms with Crippen molar-refractivity contribution in [2.24, 2.45) is 0 Å². The molecule has 0 saturated carbocycles. The van der Waals surface area contributed by atoms with E-state index in [0.29, 0.717) is 34.6 Å². The number of benzene rings is 3. The standard InChI is InChI=1S/C30H27N3O2S/c1-3-26(32(20-22-10-5-4-6-11-22)30(35)27-14-9-19-36-27)28-31-25-13-8-7-12-24(25)29(34)33(28)23-17-15-21(2)16-18-23/h4-19,26H,3,20H2,1-2H3. The smallest absolute Gasteiger partial charge is 0.266 e. The Morgan fingerprint density at radius 3 is 2.36 bits per heavy atom. The number of amides is 1. The molecular formula is C30H27N3O2S. The summed E-state index contributed by atoms with van der Waals surface area (Å²) in [7, 11) is 0. The van der Waals surface area contributed by atoms with E-state index in [-0.39, 0.29) is 11.5 Å². The maximum atomic E-state index is 13.9. The SMILES string of the molecule is CCC(c1nc2ccccc2c(=O)n1-c1ccc(C)cc1)N(Cc1ccccc1)C(=O)c1cccs1. The summed E-state index contributed by atoms with van der Waals surface area (Å²) < 4.78 is 1.68. The van der Waals surface area contributed by atoms with Gasteiger partial charge in [0.2, 0.25) is 0 Å². The van der Waals surface area contributed by atoms with E-state index < -0.39 is 6.04 Å². The Morgan fingerprint density at radius 1 is 0.944 bits per heavy atom. The largest absolute Gasteiger partial charge is 0.323 e. The number of carbonyl (C=O) groups excluding carboxylic acids is 1. The molecule has 3 aromatic carbocycles. The fourth-order valence-corrected chi connectivity index (χ4v) is 5.18. The highest BCUT2D eigenvalue weighted by Gasteiger charge is 2.30. The second kappa shape index (κ2) is 10.3. The number of rotatable bonds is 7. The maximum absolute atomic E-state index is 13.9. The first-order valence-electron chi connectivity index (χ1n) is 12.0. The molecule has 1 amide bonds. The second-order valence-corrected chi connectivity index (χ2v) is 9.73. The molecule has 6 heteroatoms. The molecule has 1 atom stereocenters. The molecule has 2 aromatic heterocycles. The van der Waals surface area contributed by atoms with Gasteiger partial charge in [0.1, 0.15) is 5.82 Å². The van der Waals surface area contributed by atoms with E-state index in [0.717, 1.165) is 16.8 Å². The molecule has 5 rings (SSSR count). The fraction of sp³-hybridized carbons (Fsp3) is 0.167. The van der Waals surface area contributed by atoms with E-state index in [9.17, 15) is 9.59 Å². The fourth-order valence-electron chi connectivity index (χ4n) is 4.50. The summed E-state index contributed by atoms with van der Waals surface area (Å²) >= 11 is 1.42. The zero-order chi connectivity index (χ0) is 25.1. The number of hydrogen-bond donors (Lipinski definition) is 0. The Kier molecular flexibility index (Phi) is 6.78. The van der Waals surface area contributed by atoms with Crippen molar-refractivity contribution in [2.75, 3.05) is 0 Å². The first kappa shape index (κ1) is 23.7. The first-order valence-corrected chi connectivity index (χ1v) is 12.9. The summed E-state index contributed by atoms with van der Waals surface area (Å²) in [5, 5.41) is 2.46. The lowest BCUT2D eigenvalue weighted by molar-refractivity contribution is 0.0646. The van der Waals surface area contributed by atoms with E-state index in [2.05, 4.69) is 0 Å². The van der Waals surface area contributed by atoms with Crippen LogP contribution in [0.2, 0.25) is 0 Å². The van der Waals surface area contributed by atoms with Crippen LogP contribution in [-0.2, 0) is 6.54 Å². The molecule has 0 radical (unpaired) electrons. The summed E-state index contributed by atoms with van der Waals surface area (Å²) in [6.07, 6.45) is 0.598. The molecule has 0 bridgehead atoms. The van der Waals surface area contributed by atoms with Crippen molar-refractivity contribution >= 4 is 28.1 Å². The monoisotopic (exact) mass is 493 g/mol. The van der Waals surface area contributed by atoms with Gasteiger partial charge in [0, 0.05) is 6.54 Å². The Morgan fingerprint density at radius 2 is 1.67 bits per heavy atom. The number of nitrogens with zero attached hydrogens (tertiary/aromatic N) is 3. The molecular weight excluding hydrogens is 466 g/mol. The topological polar surface area (TPSA) is 55.2 Å². The quantitative estimate of drug-likeness (QED) is 0.258. The van der Waals surface area contributed by atoms with Gasteiger partial charge in [-0.3, -0.25) is 14.2 Å². The third kappa shape index (κ3) is 4.60. The number of aromatic nitrogens is 2. The zero-order valence-electron chi connectivity index (χ0n) is 20.3. The number of aryl methyl sites for hydroxylation is 1. The van der Waals surface area contributed by atoms with E-state index in [1.165, 1.54) is 11.3 Å². The lowest BCUT2D eigenvalue weighted by atomic mass is 10.1. The molecule has 0 spiro atoms. The van der Waals surface area contributed by atoms with Crippen LogP contribution in [0.4, 0.5) is 0 Å². The molecule has 0 aliphatic rings. The van der Waals surface area contributed by atoms with Crippen molar-refractivity contribution < 1.29 is 4.79 Å². The predicted octanol–water partition coefficient (Wildman–Crippen LogP) is 6.55. The molecule has 1 unspecified atom stereocenters. The van der Waals surface area contributed by atoms with Gasteiger partial charge in [-0.05, 0) is 54.6 Å². The summed E-state index contributed by atoms with van der Waals surface area (Å²) in [6, 6.07) is 28.5. The van der Waals surface area contributed by atoms with Crippen LogP contribution < -0.4 is 5.56 Å². The van der Waals surface area contributed by atoms with Gasteiger partial charge in [0.05, 0.1) is 27.5 Å². The van der Waals surface area contributed by atoms with Crippen molar-refractivity contribution in [3.8, 4) is 5.69 Å². The number of para-hydroxylation sites is 1. The van der Waals surface area contributed by atoms with Crippen molar-refractivity contribution in [3.63, 3.8) is 0 Å². The minimum absolute atomic E-state index is 0.0708. The lowest BCUT2D eigenvalue weighted by Crippen LogP contribution is -2.38. The van der Waals surface area contributed by atoms with Crippen LogP contribution >= 0.6 is 11.3 Å². The van der Waals surface area contributed by atoms with E-state index >= 15 is 0 Å². The minimum atomic E-state index is -0.418. The highest BCUT2D eigenvalue weighted by Crippen LogP contribution is 2.30. The molecule has 5 aromatic rings. The molecule has 36 heavy (non-hydrogen) atoms. The summed E-state index contributed by atoms with van der Waals surface area (Å²) in [6.45, 7) is 4.46. The zero-order valence-corrected chi connectivity index (χ0v) is 21.1. The normalized spacial score (nSPS) is 11.9. The van der Waals surface area contributed by atoms with Crippen LogP contribution in [0.15, 0.2) is 101 Å². The minimum Gasteiger partial charge on any atom is -0.323 e. The number of carbonyl (C=O) groups is 1. The molecule has 0 fully saturated rings. The van der Waals surface area contributed by atoms with E-state index in [4.69, 9.17) is 4.98 Å².